The molecule has 31 heavy (non-hydrogen) atoms. The second-order valence-electron chi connectivity index (χ2n) is 7.04. The number of carbonyl (C=O) groups excluding carboxylic acids is 1. The van der Waals surface area contributed by atoms with Gasteiger partial charge in [-0.15, -0.1) is 0 Å². The summed E-state index contributed by atoms with van der Waals surface area (Å²) in [5.74, 6) is -0.479. The molecule has 0 atom stereocenters. The van der Waals surface area contributed by atoms with Gasteiger partial charge in [-0.2, -0.15) is 5.10 Å². The number of benzene rings is 2. The predicted molar refractivity (Wildman–Crippen MR) is 122 cm³/mol. The lowest BCUT2D eigenvalue weighted by molar-refractivity contribution is -0.111. The topological polar surface area (TPSA) is 84.3 Å². The Kier molecular flexibility index (Phi) is 6.94. The number of halogens is 1. The van der Waals surface area contributed by atoms with E-state index in [4.69, 9.17) is 11.6 Å². The lowest BCUT2D eigenvalue weighted by Gasteiger charge is -2.15. The minimum Gasteiger partial charge on any atom is -0.321 e. The molecule has 1 N–H and O–H groups in total. The molecule has 0 bridgehead atoms. The summed E-state index contributed by atoms with van der Waals surface area (Å²) in [7, 11) is -0.828. The smallest absolute Gasteiger partial charge is 0.248 e. The molecule has 162 valence electrons. The molecule has 0 unspecified atom stereocenters. The largest absolute Gasteiger partial charge is 0.321 e. The molecule has 0 aliphatic heterocycles. The van der Waals surface area contributed by atoms with Crippen LogP contribution in [0, 0.1) is 6.92 Å². The second-order valence-corrected chi connectivity index (χ2v) is 9.52. The highest BCUT2D eigenvalue weighted by Crippen LogP contribution is 2.24. The van der Waals surface area contributed by atoms with E-state index in [0.29, 0.717) is 23.0 Å². The molecule has 0 saturated heterocycles. The molecule has 0 spiro atoms. The number of hydrogen-bond acceptors (Lipinski definition) is 4. The first-order valence-corrected chi connectivity index (χ1v) is 11.3. The van der Waals surface area contributed by atoms with Gasteiger partial charge in [-0.05, 0) is 30.7 Å². The van der Waals surface area contributed by atoms with Crippen LogP contribution in [0.2, 0.25) is 5.15 Å². The van der Waals surface area contributed by atoms with Crippen LogP contribution in [-0.2, 0) is 21.4 Å². The molecule has 1 amide bonds. The van der Waals surface area contributed by atoms with Gasteiger partial charge in [-0.1, -0.05) is 54.1 Å². The third kappa shape index (κ3) is 5.22. The van der Waals surface area contributed by atoms with Crippen molar-refractivity contribution in [2.75, 3.05) is 19.4 Å². The summed E-state index contributed by atoms with van der Waals surface area (Å²) in [4.78, 5) is 12.5. The first-order chi connectivity index (χ1) is 14.7. The Labute approximate surface area is 187 Å². The van der Waals surface area contributed by atoms with Crippen LogP contribution in [0.3, 0.4) is 0 Å². The number of amides is 1. The van der Waals surface area contributed by atoms with Gasteiger partial charge in [0.1, 0.15) is 10.0 Å². The Morgan fingerprint density at radius 3 is 2.45 bits per heavy atom. The van der Waals surface area contributed by atoms with E-state index in [1.54, 1.807) is 22.9 Å². The van der Waals surface area contributed by atoms with Crippen molar-refractivity contribution in [1.82, 2.24) is 14.1 Å². The van der Waals surface area contributed by atoms with E-state index in [1.165, 1.54) is 32.3 Å². The van der Waals surface area contributed by atoms with Gasteiger partial charge in [0.15, 0.2) is 0 Å². The zero-order chi connectivity index (χ0) is 22.6. The van der Waals surface area contributed by atoms with Gasteiger partial charge in [0.2, 0.25) is 15.9 Å². The Morgan fingerprint density at radius 1 is 1.13 bits per heavy atom. The van der Waals surface area contributed by atoms with Crippen LogP contribution < -0.4 is 5.32 Å². The second kappa shape index (κ2) is 9.47. The molecule has 0 aliphatic carbocycles. The van der Waals surface area contributed by atoms with Crippen molar-refractivity contribution in [2.24, 2.45) is 0 Å². The molecule has 0 fully saturated rings. The SMILES string of the molecule is Cc1nn(Cc2ccccc2)c(Cl)c1/C=C/C(=O)Nc1ccccc1S(=O)(=O)N(C)C. The molecule has 7 nitrogen and oxygen atoms in total. The fourth-order valence-electron chi connectivity index (χ4n) is 2.94. The number of hydrogen-bond donors (Lipinski definition) is 1. The van der Waals surface area contributed by atoms with Crippen LogP contribution in [0.25, 0.3) is 6.08 Å². The summed E-state index contributed by atoms with van der Waals surface area (Å²) in [6.45, 7) is 2.32. The summed E-state index contributed by atoms with van der Waals surface area (Å²) in [6.07, 6.45) is 2.88. The maximum absolute atomic E-state index is 12.5. The number of anilines is 1. The first kappa shape index (κ1) is 22.7. The molecule has 0 aliphatic rings. The number of aromatic nitrogens is 2. The van der Waals surface area contributed by atoms with E-state index in [-0.39, 0.29) is 10.6 Å². The molecule has 2 aromatic carbocycles. The van der Waals surface area contributed by atoms with Crippen LogP contribution in [0.5, 0.6) is 0 Å². The highest BCUT2D eigenvalue weighted by atomic mass is 35.5. The predicted octanol–water partition coefficient (Wildman–Crippen LogP) is 3.80. The van der Waals surface area contributed by atoms with Crippen LogP contribution in [0.1, 0.15) is 16.8 Å². The van der Waals surface area contributed by atoms with Crippen LogP contribution in [-0.4, -0.2) is 42.5 Å². The van der Waals surface area contributed by atoms with E-state index in [2.05, 4.69) is 10.4 Å². The zero-order valence-electron chi connectivity index (χ0n) is 17.4. The average molecular weight is 459 g/mol. The van der Waals surface area contributed by atoms with Crippen LogP contribution in [0.15, 0.2) is 65.6 Å². The lowest BCUT2D eigenvalue weighted by Crippen LogP contribution is -2.24. The first-order valence-electron chi connectivity index (χ1n) is 9.47. The van der Waals surface area contributed by atoms with Crippen molar-refractivity contribution in [3.63, 3.8) is 0 Å². The minimum atomic E-state index is -3.70. The summed E-state index contributed by atoms with van der Waals surface area (Å²) in [6, 6.07) is 16.0. The van der Waals surface area contributed by atoms with Gasteiger partial charge in [-0.3, -0.25) is 4.79 Å². The molecular weight excluding hydrogens is 436 g/mol. The standard InChI is InChI=1S/C22H23ClN4O3S/c1-16-18(22(23)27(25-16)15-17-9-5-4-6-10-17)13-14-21(28)24-19-11-7-8-12-20(19)31(29,30)26(2)3/h4-14H,15H2,1-3H3,(H,24,28)/b14-13+. The molecule has 3 aromatic rings. The Morgan fingerprint density at radius 2 is 1.77 bits per heavy atom. The van der Waals surface area contributed by atoms with Crippen molar-refractivity contribution in [3.05, 3.63) is 82.6 Å². The van der Waals surface area contributed by atoms with E-state index in [9.17, 15) is 13.2 Å². The van der Waals surface area contributed by atoms with E-state index < -0.39 is 15.9 Å². The number of nitrogens with zero attached hydrogens (tertiary/aromatic N) is 3. The minimum absolute atomic E-state index is 0.0200. The number of carbonyl (C=O) groups is 1. The highest BCUT2D eigenvalue weighted by Gasteiger charge is 2.21. The van der Waals surface area contributed by atoms with Crippen LogP contribution in [0.4, 0.5) is 5.69 Å². The number of para-hydroxylation sites is 1. The van der Waals surface area contributed by atoms with Crippen molar-refractivity contribution < 1.29 is 13.2 Å². The van der Waals surface area contributed by atoms with Gasteiger partial charge in [0.05, 0.1) is 17.9 Å². The van der Waals surface area contributed by atoms with E-state index in [0.717, 1.165) is 9.87 Å². The summed E-state index contributed by atoms with van der Waals surface area (Å²) in [5, 5.41) is 7.49. The van der Waals surface area contributed by atoms with Crippen molar-refractivity contribution in [2.45, 2.75) is 18.4 Å². The van der Waals surface area contributed by atoms with Crippen molar-refractivity contribution in [1.29, 1.82) is 0 Å². The number of aryl methyl sites for hydroxylation is 1. The van der Waals surface area contributed by atoms with Gasteiger partial charge < -0.3 is 5.32 Å². The summed E-state index contributed by atoms with van der Waals surface area (Å²) < 4.78 is 27.7. The molecule has 3 rings (SSSR count). The van der Waals surface area contributed by atoms with E-state index >= 15 is 0 Å². The Hall–Kier alpha value is -2.94. The molecule has 0 saturated carbocycles. The normalized spacial score (nSPS) is 11.9. The van der Waals surface area contributed by atoms with Crippen molar-refractivity contribution >= 4 is 39.3 Å². The molecule has 9 heteroatoms. The molecule has 1 aromatic heterocycles. The Balaban J connectivity index is 1.79. The van der Waals surface area contributed by atoms with Gasteiger partial charge in [-0.25, -0.2) is 17.4 Å². The highest BCUT2D eigenvalue weighted by molar-refractivity contribution is 7.89. The number of sulfonamides is 1. The summed E-state index contributed by atoms with van der Waals surface area (Å²) >= 11 is 6.48. The molecule has 1 heterocycles. The van der Waals surface area contributed by atoms with Gasteiger partial charge in [0.25, 0.3) is 0 Å². The lowest BCUT2D eigenvalue weighted by atomic mass is 10.2. The third-order valence-corrected chi connectivity index (χ3v) is 6.86. The molecule has 0 radical (unpaired) electrons. The Bertz CT molecular complexity index is 1220. The monoisotopic (exact) mass is 458 g/mol. The maximum Gasteiger partial charge on any atom is 0.248 e. The quantitative estimate of drug-likeness (QED) is 0.546. The maximum atomic E-state index is 12.5. The van der Waals surface area contributed by atoms with E-state index in [1.807, 2.05) is 37.3 Å². The summed E-state index contributed by atoms with van der Waals surface area (Å²) in [5.41, 5.74) is 2.56. The molecular formula is C22H23ClN4O3S. The average Bonchev–Trinajstić information content (AvgIpc) is 3.00. The zero-order valence-corrected chi connectivity index (χ0v) is 19.0. The van der Waals surface area contributed by atoms with Crippen LogP contribution >= 0.6 is 11.6 Å². The number of rotatable bonds is 7. The van der Waals surface area contributed by atoms with Gasteiger partial charge >= 0.3 is 0 Å². The third-order valence-electron chi connectivity index (χ3n) is 4.59. The van der Waals surface area contributed by atoms with Gasteiger partial charge in [0, 0.05) is 25.7 Å². The number of nitrogens with one attached hydrogen (secondary N) is 1. The van der Waals surface area contributed by atoms with Crippen molar-refractivity contribution in [3.8, 4) is 0 Å². The fraction of sp³-hybridized carbons (Fsp3) is 0.182. The fourth-order valence-corrected chi connectivity index (χ4v) is 4.28.